The predicted molar refractivity (Wildman–Crippen MR) is 86.5 cm³/mol. The Labute approximate surface area is 155 Å². The number of aryl methyl sites for hydroxylation is 1. The minimum Gasteiger partial charge on any atom is -0.507 e. The van der Waals surface area contributed by atoms with Gasteiger partial charge in [-0.3, -0.25) is 0 Å². The molecule has 5 nitrogen and oxygen atoms in total. The molecule has 1 aliphatic carbocycles. The van der Waals surface area contributed by atoms with Crippen LogP contribution in [-0.2, 0) is 6.18 Å². The van der Waals surface area contributed by atoms with Crippen molar-refractivity contribution in [2.45, 2.75) is 43.8 Å². The largest absolute Gasteiger partial charge is 0.507 e. The second kappa shape index (κ2) is 6.50. The summed E-state index contributed by atoms with van der Waals surface area (Å²) < 4.78 is 76.2. The van der Waals surface area contributed by atoms with Gasteiger partial charge in [0.2, 0.25) is 0 Å². The highest BCUT2D eigenvalue weighted by Gasteiger charge is 2.61. The van der Waals surface area contributed by atoms with E-state index < -0.39 is 48.2 Å². The van der Waals surface area contributed by atoms with Crippen molar-refractivity contribution in [2.75, 3.05) is 5.32 Å². The molecule has 1 saturated carbocycles. The van der Waals surface area contributed by atoms with E-state index in [1.54, 1.807) is 0 Å². The van der Waals surface area contributed by atoms with Crippen molar-refractivity contribution in [1.82, 2.24) is 10.2 Å². The smallest absolute Gasteiger partial charge is 0.417 e. The molecule has 11 heteroatoms. The number of aliphatic hydroxyl groups is 1. The zero-order valence-corrected chi connectivity index (χ0v) is 14.4. The molecule has 0 radical (unpaired) electrons. The number of aromatic hydroxyl groups is 1. The van der Waals surface area contributed by atoms with Crippen LogP contribution in [0.15, 0.2) is 24.3 Å². The molecule has 3 rings (SSSR count). The van der Waals surface area contributed by atoms with Gasteiger partial charge in [0.15, 0.2) is 5.60 Å². The van der Waals surface area contributed by atoms with Crippen molar-refractivity contribution in [2.24, 2.45) is 0 Å². The van der Waals surface area contributed by atoms with Crippen LogP contribution in [0.1, 0.15) is 24.0 Å². The fourth-order valence-electron chi connectivity index (χ4n) is 3.11. The first kappa shape index (κ1) is 20.2. The topological polar surface area (TPSA) is 78.3 Å². The van der Waals surface area contributed by atoms with Crippen LogP contribution in [0.25, 0.3) is 11.3 Å². The van der Waals surface area contributed by atoms with Crippen molar-refractivity contribution >= 4 is 5.82 Å². The fourth-order valence-corrected chi connectivity index (χ4v) is 3.11. The molecule has 1 fully saturated rings. The number of rotatable bonds is 3. The van der Waals surface area contributed by atoms with E-state index in [-0.39, 0.29) is 22.6 Å². The van der Waals surface area contributed by atoms with Gasteiger partial charge in [0.05, 0.1) is 11.3 Å². The fraction of sp³-hybridized carbons (Fsp3) is 0.412. The van der Waals surface area contributed by atoms with Crippen molar-refractivity contribution in [3.05, 3.63) is 35.4 Å². The van der Waals surface area contributed by atoms with Crippen LogP contribution in [0.5, 0.6) is 5.75 Å². The van der Waals surface area contributed by atoms with Crippen molar-refractivity contribution in [3.8, 4) is 17.0 Å². The number of phenolic OH excluding ortho intramolecular Hbond substituents is 1. The van der Waals surface area contributed by atoms with E-state index in [2.05, 4.69) is 15.5 Å². The van der Waals surface area contributed by atoms with E-state index in [1.165, 1.54) is 19.1 Å². The van der Waals surface area contributed by atoms with E-state index in [0.29, 0.717) is 6.07 Å². The lowest BCUT2D eigenvalue weighted by Crippen LogP contribution is -2.59. The van der Waals surface area contributed by atoms with E-state index in [0.717, 1.165) is 6.07 Å². The van der Waals surface area contributed by atoms with Gasteiger partial charge in [-0.25, -0.2) is 0 Å². The zero-order chi connectivity index (χ0) is 20.9. The Hall–Kier alpha value is -2.56. The van der Waals surface area contributed by atoms with Crippen molar-refractivity contribution in [1.29, 1.82) is 0 Å². The molecule has 0 atom stereocenters. The maximum absolute atomic E-state index is 12.8. The maximum atomic E-state index is 12.8. The lowest BCUT2D eigenvalue weighted by Gasteiger charge is -2.44. The lowest BCUT2D eigenvalue weighted by molar-refractivity contribution is -0.288. The monoisotopic (exact) mass is 407 g/mol. The molecule has 152 valence electrons. The summed E-state index contributed by atoms with van der Waals surface area (Å²) in [5.41, 5.74) is -3.41. The molecule has 0 spiro atoms. The van der Waals surface area contributed by atoms with Crippen LogP contribution in [0.3, 0.4) is 0 Å². The van der Waals surface area contributed by atoms with Crippen LogP contribution >= 0.6 is 0 Å². The molecule has 0 bridgehead atoms. The number of phenols is 1. The number of hydrogen-bond donors (Lipinski definition) is 3. The summed E-state index contributed by atoms with van der Waals surface area (Å²) in [7, 11) is 0. The number of anilines is 1. The average molecular weight is 407 g/mol. The maximum Gasteiger partial charge on any atom is 0.417 e. The Morgan fingerprint density at radius 3 is 2.18 bits per heavy atom. The normalized spacial score (nSPS) is 22.6. The van der Waals surface area contributed by atoms with E-state index >= 15 is 0 Å². The molecule has 0 amide bonds. The molecule has 1 heterocycles. The molecule has 2 aromatic rings. The highest BCUT2D eigenvalue weighted by Crippen LogP contribution is 2.46. The summed E-state index contributed by atoms with van der Waals surface area (Å²) >= 11 is 0. The van der Waals surface area contributed by atoms with Gasteiger partial charge >= 0.3 is 12.4 Å². The van der Waals surface area contributed by atoms with Gasteiger partial charge in [-0.15, -0.1) is 10.2 Å². The Balaban J connectivity index is 1.74. The van der Waals surface area contributed by atoms with Gasteiger partial charge in [0.25, 0.3) is 0 Å². The lowest BCUT2D eigenvalue weighted by atomic mass is 9.75. The van der Waals surface area contributed by atoms with Crippen molar-refractivity contribution < 1.29 is 36.6 Å². The molecule has 1 aliphatic rings. The molecule has 0 saturated heterocycles. The molecule has 1 aromatic heterocycles. The predicted octanol–water partition coefficient (Wildman–Crippen LogP) is 4.04. The highest BCUT2D eigenvalue weighted by molar-refractivity contribution is 5.71. The van der Waals surface area contributed by atoms with Crippen LogP contribution in [0.4, 0.5) is 32.2 Å². The standard InChI is InChI=1S/C17H15F6N3O2/c1-8-4-9(16(18,19)20)5-12(27)14(8)11-2-3-13(26-25-11)24-10-6-15(28,7-10)17(21,22)23/h2-5,10,27-28H,6-7H2,1H3,(H,24,26). The first-order chi connectivity index (χ1) is 12.8. The van der Waals surface area contributed by atoms with Gasteiger partial charge in [-0.05, 0) is 36.8 Å². The number of hydrogen-bond acceptors (Lipinski definition) is 5. The molecular formula is C17H15F6N3O2. The third-order valence-corrected chi connectivity index (χ3v) is 4.61. The second-order valence-electron chi connectivity index (χ2n) is 6.77. The quantitative estimate of drug-likeness (QED) is 0.670. The second-order valence-corrected chi connectivity index (χ2v) is 6.77. The van der Waals surface area contributed by atoms with Crippen LogP contribution in [0.2, 0.25) is 0 Å². The van der Waals surface area contributed by atoms with Crippen LogP contribution < -0.4 is 5.32 Å². The van der Waals surface area contributed by atoms with E-state index in [4.69, 9.17) is 0 Å². The molecule has 1 aromatic carbocycles. The summed E-state index contributed by atoms with van der Waals surface area (Å²) in [6.07, 6.45) is -10.4. The summed E-state index contributed by atoms with van der Waals surface area (Å²) in [5.74, 6) is -0.474. The summed E-state index contributed by atoms with van der Waals surface area (Å²) in [5, 5.41) is 29.7. The molecule has 0 aliphatic heterocycles. The molecule has 28 heavy (non-hydrogen) atoms. The van der Waals surface area contributed by atoms with Gasteiger partial charge in [0.1, 0.15) is 11.6 Å². The first-order valence-electron chi connectivity index (χ1n) is 8.11. The number of nitrogens with one attached hydrogen (secondary N) is 1. The number of nitrogens with zero attached hydrogens (tertiary/aromatic N) is 2. The summed E-state index contributed by atoms with van der Waals surface area (Å²) in [6.45, 7) is 1.38. The third kappa shape index (κ3) is 3.71. The van der Waals surface area contributed by atoms with Gasteiger partial charge < -0.3 is 15.5 Å². The number of halogens is 6. The Kier molecular flexibility index (Phi) is 4.69. The van der Waals surface area contributed by atoms with Crippen LogP contribution in [0, 0.1) is 6.92 Å². The van der Waals surface area contributed by atoms with E-state index in [1.807, 2.05) is 0 Å². The minimum absolute atomic E-state index is 0.0714. The van der Waals surface area contributed by atoms with Gasteiger partial charge in [-0.2, -0.15) is 26.3 Å². The first-order valence-corrected chi connectivity index (χ1v) is 8.11. The zero-order valence-electron chi connectivity index (χ0n) is 14.4. The van der Waals surface area contributed by atoms with E-state index in [9.17, 15) is 36.6 Å². The highest BCUT2D eigenvalue weighted by atomic mass is 19.4. The molecule has 3 N–H and O–H groups in total. The average Bonchev–Trinajstić information content (AvgIpc) is 2.52. The summed E-state index contributed by atoms with van der Waals surface area (Å²) in [6, 6.07) is 3.56. The van der Waals surface area contributed by atoms with Gasteiger partial charge in [-0.1, -0.05) is 0 Å². The van der Waals surface area contributed by atoms with Gasteiger partial charge in [0, 0.05) is 24.4 Å². The third-order valence-electron chi connectivity index (χ3n) is 4.61. The number of benzene rings is 1. The van der Waals surface area contributed by atoms with Crippen molar-refractivity contribution in [3.63, 3.8) is 0 Å². The number of aromatic nitrogens is 2. The SMILES string of the molecule is Cc1cc(C(F)(F)F)cc(O)c1-c1ccc(NC2CC(O)(C(F)(F)F)C2)nn1. The minimum atomic E-state index is -4.71. The Morgan fingerprint density at radius 1 is 1.07 bits per heavy atom. The molecular weight excluding hydrogens is 392 g/mol. The van der Waals surface area contributed by atoms with Crippen LogP contribution in [-0.4, -0.2) is 38.2 Å². The number of alkyl halides is 6. The molecule has 0 unspecified atom stereocenters. The Bertz CT molecular complexity index is 851. The summed E-state index contributed by atoms with van der Waals surface area (Å²) in [4.78, 5) is 0. The Morgan fingerprint density at radius 2 is 1.71 bits per heavy atom.